The van der Waals surface area contributed by atoms with E-state index in [1.807, 2.05) is 12.4 Å². The summed E-state index contributed by atoms with van der Waals surface area (Å²) in [6.45, 7) is 4.01. The first-order valence-electron chi connectivity index (χ1n) is 11.2. The molecule has 0 aliphatic carbocycles. The van der Waals surface area contributed by atoms with E-state index in [-0.39, 0.29) is 5.82 Å². The van der Waals surface area contributed by atoms with Gasteiger partial charge < -0.3 is 4.90 Å². The van der Waals surface area contributed by atoms with Crippen LogP contribution in [-0.4, -0.2) is 44.0 Å². The van der Waals surface area contributed by atoms with E-state index in [0.717, 1.165) is 59.5 Å². The normalized spacial score (nSPS) is 14.5. The van der Waals surface area contributed by atoms with Crippen LogP contribution in [0.25, 0.3) is 22.5 Å². The van der Waals surface area contributed by atoms with Gasteiger partial charge in [0.15, 0.2) is 5.13 Å². The van der Waals surface area contributed by atoms with Gasteiger partial charge in [0.05, 0.1) is 16.6 Å². The van der Waals surface area contributed by atoms with Crippen LogP contribution in [0, 0.1) is 5.82 Å². The van der Waals surface area contributed by atoms with E-state index in [1.54, 1.807) is 35.4 Å². The molecule has 176 valence electrons. The van der Waals surface area contributed by atoms with Crippen LogP contribution in [-0.2, 0) is 6.42 Å². The van der Waals surface area contributed by atoms with E-state index < -0.39 is 0 Å². The zero-order valence-corrected chi connectivity index (χ0v) is 21.4. The molecule has 0 fully saturated rings. The number of hydrogen-bond acceptors (Lipinski definition) is 6. The molecule has 4 aromatic rings. The molecule has 1 aromatic carbocycles. The van der Waals surface area contributed by atoms with Crippen LogP contribution >= 0.6 is 34.9 Å². The lowest BCUT2D eigenvalue weighted by atomic mass is 10.0. The van der Waals surface area contributed by atoms with Crippen molar-refractivity contribution in [2.24, 2.45) is 0 Å². The number of benzene rings is 1. The molecule has 4 heterocycles. The third-order valence-electron chi connectivity index (χ3n) is 6.01. The summed E-state index contributed by atoms with van der Waals surface area (Å²) in [4.78, 5) is 11.8. The summed E-state index contributed by atoms with van der Waals surface area (Å²) in [6, 6.07) is 10.7. The number of fused-ring (bicyclic) bond motifs is 1. The van der Waals surface area contributed by atoms with Crippen LogP contribution in [0.2, 0.25) is 0 Å². The highest BCUT2D eigenvalue weighted by molar-refractivity contribution is 7.98. The van der Waals surface area contributed by atoms with Crippen molar-refractivity contribution in [3.8, 4) is 11.3 Å². The molecule has 0 saturated carbocycles. The fourth-order valence-corrected chi connectivity index (χ4v) is 5.98. The lowest BCUT2D eigenvalue weighted by Gasteiger charge is -2.24. The van der Waals surface area contributed by atoms with Gasteiger partial charge in [-0.25, -0.2) is 18.7 Å². The number of imidazole rings is 1. The maximum Gasteiger partial charge on any atom is 0.191 e. The van der Waals surface area contributed by atoms with Crippen molar-refractivity contribution in [1.29, 1.82) is 0 Å². The van der Waals surface area contributed by atoms with Crippen molar-refractivity contribution in [3.63, 3.8) is 0 Å². The highest BCUT2D eigenvalue weighted by Crippen LogP contribution is 2.35. The van der Waals surface area contributed by atoms with E-state index >= 15 is 0 Å². The number of rotatable bonds is 7. The number of halogens is 2. The molecule has 3 aromatic heterocycles. The second-order valence-electron chi connectivity index (χ2n) is 8.07. The second kappa shape index (κ2) is 10.1. The summed E-state index contributed by atoms with van der Waals surface area (Å²) >= 11 is 9.12. The molecule has 0 spiro atoms. The Kier molecular flexibility index (Phi) is 6.92. The number of pyridine rings is 1. The minimum Gasteiger partial charge on any atom is -0.305 e. The molecule has 5 rings (SSSR count). The zero-order chi connectivity index (χ0) is 23.7. The van der Waals surface area contributed by atoms with E-state index in [4.69, 9.17) is 21.6 Å². The Morgan fingerprint density at radius 2 is 1.94 bits per heavy atom. The van der Waals surface area contributed by atoms with Gasteiger partial charge in [0.2, 0.25) is 0 Å². The summed E-state index contributed by atoms with van der Waals surface area (Å²) < 4.78 is 17.8. The molecule has 0 bridgehead atoms. The van der Waals surface area contributed by atoms with Crippen molar-refractivity contribution in [1.82, 2.24) is 18.7 Å². The SMILES string of the molecule is CCc1nc2ccc(C3=CCN(SCCl)CC3)cn2c1N(C)c1nc(-c2ccc(F)cc2)cs1. The Morgan fingerprint density at radius 1 is 1.15 bits per heavy atom. The highest BCUT2D eigenvalue weighted by Gasteiger charge is 2.20. The first kappa shape index (κ1) is 23.4. The molecular formula is C25H25ClFN5S2. The molecule has 0 N–H and O–H groups in total. The molecular weight excluding hydrogens is 489 g/mol. The predicted molar refractivity (Wildman–Crippen MR) is 143 cm³/mol. The first-order valence-corrected chi connectivity index (χ1v) is 13.5. The molecule has 9 heteroatoms. The van der Waals surface area contributed by atoms with E-state index in [2.05, 4.69) is 44.9 Å². The number of hydrogen-bond donors (Lipinski definition) is 0. The topological polar surface area (TPSA) is 36.7 Å². The van der Waals surface area contributed by atoms with Gasteiger partial charge in [0.1, 0.15) is 17.3 Å². The van der Waals surface area contributed by atoms with Crippen molar-refractivity contribution in [2.75, 3.05) is 30.2 Å². The number of anilines is 2. The average Bonchev–Trinajstić information content (AvgIpc) is 3.49. The fraction of sp³-hybridized carbons (Fsp3) is 0.280. The maximum absolute atomic E-state index is 13.3. The first-order chi connectivity index (χ1) is 16.6. The Balaban J connectivity index is 1.49. The number of aryl methyl sites for hydroxylation is 1. The lowest BCUT2D eigenvalue weighted by molar-refractivity contribution is 0.518. The fourth-order valence-electron chi connectivity index (χ4n) is 4.22. The quantitative estimate of drug-likeness (QED) is 0.199. The second-order valence-corrected chi connectivity index (χ2v) is 10.6. The molecule has 5 nitrogen and oxygen atoms in total. The van der Waals surface area contributed by atoms with Crippen molar-refractivity contribution in [3.05, 3.63) is 71.1 Å². The molecule has 0 radical (unpaired) electrons. The van der Waals surface area contributed by atoms with Crippen molar-refractivity contribution in [2.45, 2.75) is 19.8 Å². The van der Waals surface area contributed by atoms with Gasteiger partial charge >= 0.3 is 0 Å². The standard InChI is InChI=1S/C25H25ClFN5S2/c1-3-21-24(30(2)25-29-22(15-33-25)18-4-7-20(27)8-5-18)32-14-19(6-9-23(32)28-21)17-10-12-31(13-11-17)34-16-26/h4-10,14-15H,3,11-13,16H2,1-2H3. The highest BCUT2D eigenvalue weighted by atomic mass is 35.5. The summed E-state index contributed by atoms with van der Waals surface area (Å²) in [5, 5.41) is 3.46. The summed E-state index contributed by atoms with van der Waals surface area (Å²) in [5.74, 6) is 0.777. The molecule has 34 heavy (non-hydrogen) atoms. The van der Waals surface area contributed by atoms with Crippen LogP contribution in [0.1, 0.15) is 24.6 Å². The van der Waals surface area contributed by atoms with Crippen LogP contribution in [0.3, 0.4) is 0 Å². The Morgan fingerprint density at radius 3 is 2.65 bits per heavy atom. The van der Waals surface area contributed by atoms with Gasteiger partial charge in [0, 0.05) is 37.3 Å². The number of aromatic nitrogens is 3. The monoisotopic (exact) mass is 513 g/mol. The van der Waals surface area contributed by atoms with Crippen LogP contribution < -0.4 is 4.90 Å². The van der Waals surface area contributed by atoms with Crippen LogP contribution in [0.5, 0.6) is 0 Å². The van der Waals surface area contributed by atoms with Crippen LogP contribution in [0.4, 0.5) is 15.3 Å². The maximum atomic E-state index is 13.3. The van der Waals surface area contributed by atoms with Crippen LogP contribution in [0.15, 0.2) is 54.1 Å². The van der Waals surface area contributed by atoms with Crippen molar-refractivity contribution >= 4 is 57.1 Å². The summed E-state index contributed by atoms with van der Waals surface area (Å²) in [7, 11) is 2.03. The summed E-state index contributed by atoms with van der Waals surface area (Å²) in [6.07, 6.45) is 6.29. The minimum atomic E-state index is -0.246. The van der Waals surface area contributed by atoms with Gasteiger partial charge in [-0.05, 0) is 60.4 Å². The molecule has 0 atom stereocenters. The van der Waals surface area contributed by atoms with E-state index in [0.29, 0.717) is 5.21 Å². The molecule has 1 aliphatic heterocycles. The minimum absolute atomic E-state index is 0.246. The smallest absolute Gasteiger partial charge is 0.191 e. The number of nitrogens with zero attached hydrogens (tertiary/aromatic N) is 5. The molecule has 0 saturated heterocycles. The van der Waals surface area contributed by atoms with Gasteiger partial charge in [-0.3, -0.25) is 4.40 Å². The third-order valence-corrected chi connectivity index (χ3v) is 8.01. The third kappa shape index (κ3) is 4.60. The Hall–Kier alpha value is -2.39. The number of thiazole rings is 1. The Labute approximate surface area is 212 Å². The lowest BCUT2D eigenvalue weighted by Crippen LogP contribution is -2.21. The van der Waals surface area contributed by atoms with E-state index in [1.165, 1.54) is 23.3 Å². The molecule has 0 amide bonds. The average molecular weight is 514 g/mol. The molecule has 1 aliphatic rings. The largest absolute Gasteiger partial charge is 0.305 e. The Bertz CT molecular complexity index is 1330. The van der Waals surface area contributed by atoms with Gasteiger partial charge in [-0.15, -0.1) is 22.9 Å². The zero-order valence-electron chi connectivity index (χ0n) is 19.0. The predicted octanol–water partition coefficient (Wildman–Crippen LogP) is 6.86. The van der Waals surface area contributed by atoms with Gasteiger partial charge in [0.25, 0.3) is 0 Å². The van der Waals surface area contributed by atoms with E-state index in [9.17, 15) is 4.39 Å². The number of alkyl halides is 1. The summed E-state index contributed by atoms with van der Waals surface area (Å²) in [5.41, 5.74) is 6.25. The van der Waals surface area contributed by atoms with Crippen molar-refractivity contribution < 1.29 is 4.39 Å². The molecule has 0 unspecified atom stereocenters. The van der Waals surface area contributed by atoms with Gasteiger partial charge in [-0.2, -0.15) is 0 Å². The van der Waals surface area contributed by atoms with Gasteiger partial charge in [-0.1, -0.05) is 24.9 Å².